The molecule has 0 saturated carbocycles. The first-order valence-corrected chi connectivity index (χ1v) is 11.2. The maximum atomic E-state index is 12.3. The molecule has 11 heteroatoms. The Hall–Kier alpha value is -3.24. The second-order valence-electron chi connectivity index (χ2n) is 7.93. The summed E-state index contributed by atoms with van der Waals surface area (Å²) < 4.78 is 51.1. The number of carbonyl (C=O) groups is 1. The Kier molecular flexibility index (Phi) is 8.78. The Morgan fingerprint density at radius 3 is 2.68 bits per heavy atom. The largest absolute Gasteiger partial charge is 0.573 e. The first kappa shape index (κ1) is 25.4. The van der Waals surface area contributed by atoms with Crippen molar-refractivity contribution in [2.45, 2.75) is 39.0 Å². The third-order valence-electron chi connectivity index (χ3n) is 5.36. The molecule has 1 atom stereocenters. The molecule has 2 aromatic rings. The van der Waals surface area contributed by atoms with Crippen molar-refractivity contribution in [2.75, 3.05) is 43.6 Å². The van der Waals surface area contributed by atoms with Gasteiger partial charge in [0.25, 0.3) is 0 Å². The van der Waals surface area contributed by atoms with Gasteiger partial charge in [0.05, 0.1) is 20.1 Å². The van der Waals surface area contributed by atoms with E-state index in [4.69, 9.17) is 9.47 Å². The maximum Gasteiger partial charge on any atom is 0.573 e. The van der Waals surface area contributed by atoms with Gasteiger partial charge in [-0.2, -0.15) is 9.97 Å². The van der Waals surface area contributed by atoms with Gasteiger partial charge in [-0.1, -0.05) is 12.1 Å². The topological polar surface area (TPSA) is 85.8 Å². The van der Waals surface area contributed by atoms with Crippen LogP contribution in [0.2, 0.25) is 0 Å². The summed E-state index contributed by atoms with van der Waals surface area (Å²) in [5.41, 5.74) is 0.848. The van der Waals surface area contributed by atoms with Crippen LogP contribution in [-0.2, 0) is 16.0 Å². The summed E-state index contributed by atoms with van der Waals surface area (Å²) in [5.74, 6) is 1.03. The highest BCUT2D eigenvalue weighted by molar-refractivity contribution is 5.69. The van der Waals surface area contributed by atoms with Crippen molar-refractivity contribution in [3.05, 3.63) is 35.9 Å². The van der Waals surface area contributed by atoms with Crippen molar-refractivity contribution in [1.82, 2.24) is 9.97 Å². The summed E-state index contributed by atoms with van der Waals surface area (Å²) in [7, 11) is 1.49. The highest BCUT2D eigenvalue weighted by atomic mass is 19.4. The van der Waals surface area contributed by atoms with Crippen LogP contribution in [0, 0.1) is 5.92 Å². The number of hydrogen-bond acceptors (Lipinski definition) is 8. The van der Waals surface area contributed by atoms with Crippen LogP contribution in [0.1, 0.15) is 31.7 Å². The lowest BCUT2D eigenvalue weighted by molar-refractivity contribution is -0.274. The molecule has 1 saturated heterocycles. The van der Waals surface area contributed by atoms with Crippen LogP contribution in [0.25, 0.3) is 0 Å². The lowest BCUT2D eigenvalue weighted by Crippen LogP contribution is -2.37. The molecule has 1 aliphatic rings. The smallest absolute Gasteiger partial charge is 0.467 e. The molecule has 1 aliphatic heterocycles. The van der Waals surface area contributed by atoms with Crippen LogP contribution in [0.5, 0.6) is 11.8 Å². The van der Waals surface area contributed by atoms with Crippen LogP contribution >= 0.6 is 0 Å². The summed E-state index contributed by atoms with van der Waals surface area (Å²) in [6.45, 7) is 4.17. The Morgan fingerprint density at radius 2 is 2.00 bits per heavy atom. The molecule has 0 amide bonds. The molecule has 1 unspecified atom stereocenters. The number of rotatable bonds is 10. The molecular formula is C23H29F3N4O4. The molecule has 1 aromatic heterocycles. The molecule has 34 heavy (non-hydrogen) atoms. The molecule has 186 valence electrons. The van der Waals surface area contributed by atoms with E-state index in [2.05, 4.69) is 24.9 Å². The molecule has 0 radical (unpaired) electrons. The van der Waals surface area contributed by atoms with Gasteiger partial charge >= 0.3 is 18.3 Å². The molecule has 1 aromatic carbocycles. The average Bonchev–Trinajstić information content (AvgIpc) is 2.79. The summed E-state index contributed by atoms with van der Waals surface area (Å²) in [4.78, 5) is 22.8. The number of ether oxygens (including phenoxy) is 3. The van der Waals surface area contributed by atoms with Crippen LogP contribution in [0.15, 0.2) is 30.3 Å². The fourth-order valence-corrected chi connectivity index (χ4v) is 3.84. The standard InChI is InChI=1S/C23H29F3N4O4/c1-3-33-21(31)13-17-5-4-12-30(15-17)20-14-19(28-22(29-20)32-2)27-11-10-16-6-8-18(9-7-16)34-23(24,25)26/h6-9,14,17H,3-5,10-13,15H2,1-2H3,(H,27,28,29). The number of nitrogens with one attached hydrogen (secondary N) is 1. The van der Waals surface area contributed by atoms with Crippen molar-refractivity contribution in [3.63, 3.8) is 0 Å². The minimum atomic E-state index is -4.71. The fourth-order valence-electron chi connectivity index (χ4n) is 3.84. The Bertz CT molecular complexity index is 941. The van der Waals surface area contributed by atoms with Crippen molar-refractivity contribution in [3.8, 4) is 11.8 Å². The zero-order valence-corrected chi connectivity index (χ0v) is 19.2. The van der Waals surface area contributed by atoms with Crippen LogP contribution in [0.3, 0.4) is 0 Å². The summed E-state index contributed by atoms with van der Waals surface area (Å²) in [5, 5.41) is 3.22. The number of carbonyl (C=O) groups excluding carboxylic acids is 1. The van der Waals surface area contributed by atoms with Crippen LogP contribution in [-0.4, -0.2) is 55.7 Å². The lowest BCUT2D eigenvalue weighted by atomic mass is 9.95. The van der Waals surface area contributed by atoms with E-state index in [1.165, 1.54) is 19.2 Å². The third kappa shape index (κ3) is 7.96. The van der Waals surface area contributed by atoms with Gasteiger partial charge in [0.1, 0.15) is 17.4 Å². The van der Waals surface area contributed by atoms with Gasteiger partial charge < -0.3 is 24.4 Å². The highest BCUT2D eigenvalue weighted by Gasteiger charge is 2.31. The first-order chi connectivity index (χ1) is 16.3. The van der Waals surface area contributed by atoms with Crippen molar-refractivity contribution in [2.24, 2.45) is 5.92 Å². The second kappa shape index (κ2) is 11.8. The normalized spacial score (nSPS) is 16.1. The minimum absolute atomic E-state index is 0.185. The molecule has 0 aliphatic carbocycles. The average molecular weight is 483 g/mol. The molecule has 3 rings (SSSR count). The van der Waals surface area contributed by atoms with E-state index in [1.807, 2.05) is 6.07 Å². The zero-order valence-electron chi connectivity index (χ0n) is 19.2. The van der Waals surface area contributed by atoms with E-state index < -0.39 is 6.36 Å². The monoisotopic (exact) mass is 482 g/mol. The van der Waals surface area contributed by atoms with Crippen LogP contribution in [0.4, 0.5) is 24.8 Å². The van der Waals surface area contributed by atoms with Crippen molar-refractivity contribution in [1.29, 1.82) is 0 Å². The molecule has 2 heterocycles. The van der Waals surface area contributed by atoms with E-state index in [9.17, 15) is 18.0 Å². The molecule has 1 N–H and O–H groups in total. The van der Waals surface area contributed by atoms with Gasteiger partial charge in [-0.15, -0.1) is 13.2 Å². The van der Waals surface area contributed by atoms with Crippen molar-refractivity contribution < 1.29 is 32.2 Å². The number of piperidine rings is 1. The summed E-state index contributed by atoms with van der Waals surface area (Å²) in [6, 6.07) is 7.81. The molecule has 0 bridgehead atoms. The van der Waals surface area contributed by atoms with Gasteiger partial charge in [-0.3, -0.25) is 4.79 Å². The van der Waals surface area contributed by atoms with E-state index in [0.29, 0.717) is 44.2 Å². The Morgan fingerprint density at radius 1 is 1.24 bits per heavy atom. The van der Waals surface area contributed by atoms with E-state index in [-0.39, 0.29) is 23.6 Å². The number of anilines is 2. The highest BCUT2D eigenvalue weighted by Crippen LogP contribution is 2.27. The fraction of sp³-hybridized carbons (Fsp3) is 0.522. The van der Waals surface area contributed by atoms with Gasteiger partial charge in [-0.25, -0.2) is 0 Å². The number of aromatic nitrogens is 2. The summed E-state index contributed by atoms with van der Waals surface area (Å²) in [6.07, 6.45) is -1.87. The quantitative estimate of drug-likeness (QED) is 0.504. The number of benzene rings is 1. The van der Waals surface area contributed by atoms with E-state index in [0.717, 1.165) is 24.9 Å². The summed E-state index contributed by atoms with van der Waals surface area (Å²) >= 11 is 0. The zero-order chi connectivity index (χ0) is 24.6. The molecule has 0 spiro atoms. The molecular weight excluding hydrogens is 453 g/mol. The van der Waals surface area contributed by atoms with Crippen LogP contribution < -0.4 is 19.7 Å². The number of halogens is 3. The molecule has 8 nitrogen and oxygen atoms in total. The molecule has 1 fully saturated rings. The number of nitrogens with zero attached hydrogens (tertiary/aromatic N) is 3. The predicted molar refractivity (Wildman–Crippen MR) is 120 cm³/mol. The first-order valence-electron chi connectivity index (χ1n) is 11.2. The van der Waals surface area contributed by atoms with Crippen molar-refractivity contribution >= 4 is 17.6 Å². The van der Waals surface area contributed by atoms with E-state index >= 15 is 0 Å². The number of methoxy groups -OCH3 is 1. The number of hydrogen-bond donors (Lipinski definition) is 1. The number of esters is 1. The van der Waals surface area contributed by atoms with Gasteiger partial charge in [0, 0.05) is 25.7 Å². The Labute approximate surface area is 196 Å². The second-order valence-corrected chi connectivity index (χ2v) is 7.93. The van der Waals surface area contributed by atoms with Gasteiger partial charge in [0.15, 0.2) is 0 Å². The SMILES string of the molecule is CCOC(=O)CC1CCCN(c2cc(NCCc3ccc(OC(F)(F)F)cc3)nc(OC)n2)C1. The lowest BCUT2D eigenvalue weighted by Gasteiger charge is -2.33. The minimum Gasteiger partial charge on any atom is -0.467 e. The Balaban J connectivity index is 1.59. The van der Waals surface area contributed by atoms with E-state index in [1.54, 1.807) is 19.1 Å². The number of alkyl halides is 3. The predicted octanol–water partition coefficient (Wildman–Crippen LogP) is 4.21. The van der Waals surface area contributed by atoms with Gasteiger partial charge in [0.2, 0.25) is 0 Å². The third-order valence-corrected chi connectivity index (χ3v) is 5.36. The maximum absolute atomic E-state index is 12.3. The van der Waals surface area contributed by atoms with Gasteiger partial charge in [-0.05, 0) is 49.8 Å².